The molecule has 0 heterocycles. The number of aromatic hydroxyl groups is 1. The van der Waals surface area contributed by atoms with Crippen molar-refractivity contribution in [3.05, 3.63) is 65.2 Å². The van der Waals surface area contributed by atoms with Gasteiger partial charge in [0.15, 0.2) is 6.61 Å². The van der Waals surface area contributed by atoms with Crippen LogP contribution in [-0.2, 0) is 14.3 Å². The Morgan fingerprint density at radius 3 is 2.62 bits per heavy atom. The summed E-state index contributed by atoms with van der Waals surface area (Å²) in [6.45, 7) is 5.68. The van der Waals surface area contributed by atoms with E-state index in [9.17, 15) is 14.7 Å². The first kappa shape index (κ1) is 19.2. The number of hydrogen-bond acceptors (Lipinski definition) is 4. The van der Waals surface area contributed by atoms with Gasteiger partial charge in [0.1, 0.15) is 5.75 Å². The van der Waals surface area contributed by atoms with Crippen molar-refractivity contribution in [1.29, 1.82) is 0 Å². The summed E-state index contributed by atoms with van der Waals surface area (Å²) in [7, 11) is 0. The SMILES string of the molecule is Cc1ccc(C(C)C)cc1NC(=O)COC(=O)/C=C/c1ccccc1O. The van der Waals surface area contributed by atoms with E-state index in [0.29, 0.717) is 17.2 Å². The Kier molecular flexibility index (Phi) is 6.55. The maximum atomic E-state index is 12.0. The molecule has 0 aromatic heterocycles. The maximum Gasteiger partial charge on any atom is 0.331 e. The lowest BCUT2D eigenvalue weighted by Gasteiger charge is -2.12. The van der Waals surface area contributed by atoms with E-state index in [2.05, 4.69) is 19.2 Å². The van der Waals surface area contributed by atoms with Gasteiger partial charge in [-0.05, 0) is 42.2 Å². The number of aryl methyl sites for hydroxylation is 1. The lowest BCUT2D eigenvalue weighted by Crippen LogP contribution is -2.20. The van der Waals surface area contributed by atoms with Crippen LogP contribution in [0.4, 0.5) is 5.69 Å². The molecule has 0 atom stereocenters. The molecule has 0 spiro atoms. The minimum atomic E-state index is -0.656. The molecular formula is C21H23NO4. The van der Waals surface area contributed by atoms with Crippen LogP contribution in [0.15, 0.2) is 48.5 Å². The molecule has 0 unspecified atom stereocenters. The number of para-hydroxylation sites is 1. The highest BCUT2D eigenvalue weighted by atomic mass is 16.5. The Balaban J connectivity index is 1.90. The van der Waals surface area contributed by atoms with Gasteiger partial charge < -0.3 is 15.2 Å². The van der Waals surface area contributed by atoms with Crippen LogP contribution in [0.2, 0.25) is 0 Å². The van der Waals surface area contributed by atoms with Gasteiger partial charge in [0, 0.05) is 17.3 Å². The first-order valence-electron chi connectivity index (χ1n) is 8.40. The molecule has 0 radical (unpaired) electrons. The maximum absolute atomic E-state index is 12.0. The van der Waals surface area contributed by atoms with Gasteiger partial charge in [0.2, 0.25) is 0 Å². The minimum absolute atomic E-state index is 0.0646. The average molecular weight is 353 g/mol. The number of carbonyl (C=O) groups excluding carboxylic acids is 2. The van der Waals surface area contributed by atoms with Crippen LogP contribution in [0.25, 0.3) is 6.08 Å². The smallest absolute Gasteiger partial charge is 0.331 e. The van der Waals surface area contributed by atoms with E-state index in [1.807, 2.05) is 25.1 Å². The molecule has 5 heteroatoms. The average Bonchev–Trinajstić information content (AvgIpc) is 2.61. The number of esters is 1. The molecule has 0 aliphatic heterocycles. The van der Waals surface area contributed by atoms with Crippen molar-refractivity contribution in [2.75, 3.05) is 11.9 Å². The molecule has 2 rings (SSSR count). The standard InChI is InChI=1S/C21H23NO4/c1-14(2)17-9-8-15(3)18(12-17)22-20(24)13-26-21(25)11-10-16-6-4-5-7-19(16)23/h4-12,14,23H,13H2,1-3H3,(H,22,24)/b11-10+. The van der Waals surface area contributed by atoms with Gasteiger partial charge in [-0.3, -0.25) is 4.79 Å². The number of hydrogen-bond donors (Lipinski definition) is 2. The van der Waals surface area contributed by atoms with Crippen LogP contribution >= 0.6 is 0 Å². The van der Waals surface area contributed by atoms with Crippen molar-refractivity contribution in [1.82, 2.24) is 0 Å². The van der Waals surface area contributed by atoms with Crippen molar-refractivity contribution in [2.24, 2.45) is 0 Å². The van der Waals surface area contributed by atoms with E-state index in [1.54, 1.807) is 18.2 Å². The number of rotatable bonds is 6. The van der Waals surface area contributed by atoms with Gasteiger partial charge >= 0.3 is 5.97 Å². The Morgan fingerprint density at radius 1 is 1.19 bits per heavy atom. The van der Waals surface area contributed by atoms with Crippen LogP contribution in [0, 0.1) is 6.92 Å². The van der Waals surface area contributed by atoms with Gasteiger partial charge in [-0.25, -0.2) is 4.79 Å². The topological polar surface area (TPSA) is 75.6 Å². The third-order valence-corrected chi connectivity index (χ3v) is 3.88. The van der Waals surface area contributed by atoms with Crippen LogP contribution in [-0.4, -0.2) is 23.6 Å². The summed E-state index contributed by atoms with van der Waals surface area (Å²) in [4.78, 5) is 23.8. The molecule has 0 aliphatic rings. The molecule has 5 nitrogen and oxygen atoms in total. The summed E-state index contributed by atoms with van der Waals surface area (Å²) < 4.78 is 4.94. The fraction of sp³-hybridized carbons (Fsp3) is 0.238. The summed E-state index contributed by atoms with van der Waals surface area (Å²) in [5.41, 5.74) is 3.26. The largest absolute Gasteiger partial charge is 0.507 e. The molecule has 0 fully saturated rings. The van der Waals surface area contributed by atoms with Gasteiger partial charge in [-0.2, -0.15) is 0 Å². The molecule has 0 saturated heterocycles. The minimum Gasteiger partial charge on any atom is -0.507 e. The number of anilines is 1. The van der Waals surface area contributed by atoms with Crippen LogP contribution in [0.3, 0.4) is 0 Å². The van der Waals surface area contributed by atoms with Crippen molar-refractivity contribution in [2.45, 2.75) is 26.7 Å². The molecule has 0 aliphatic carbocycles. The third-order valence-electron chi connectivity index (χ3n) is 3.88. The predicted molar refractivity (Wildman–Crippen MR) is 102 cm³/mol. The first-order chi connectivity index (χ1) is 12.4. The molecule has 2 N–H and O–H groups in total. The number of nitrogens with one attached hydrogen (secondary N) is 1. The number of benzene rings is 2. The van der Waals surface area contributed by atoms with Crippen LogP contribution in [0.5, 0.6) is 5.75 Å². The van der Waals surface area contributed by atoms with Crippen molar-refractivity contribution >= 4 is 23.6 Å². The van der Waals surface area contributed by atoms with Crippen molar-refractivity contribution < 1.29 is 19.4 Å². The fourth-order valence-electron chi connectivity index (χ4n) is 2.29. The quantitative estimate of drug-likeness (QED) is 0.607. The van der Waals surface area contributed by atoms with Gasteiger partial charge in [0.25, 0.3) is 5.91 Å². The Labute approximate surface area is 153 Å². The normalized spacial score (nSPS) is 10.9. The lowest BCUT2D eigenvalue weighted by atomic mass is 10.0. The van der Waals surface area contributed by atoms with Crippen molar-refractivity contribution in [3.63, 3.8) is 0 Å². The van der Waals surface area contributed by atoms with E-state index in [4.69, 9.17) is 4.74 Å². The van der Waals surface area contributed by atoms with Gasteiger partial charge in [-0.1, -0.05) is 44.2 Å². The third kappa shape index (κ3) is 5.48. The molecule has 26 heavy (non-hydrogen) atoms. The van der Waals surface area contributed by atoms with Crippen LogP contribution < -0.4 is 5.32 Å². The number of amides is 1. The number of phenols is 1. The molecule has 0 saturated carbocycles. The van der Waals surface area contributed by atoms with Crippen molar-refractivity contribution in [3.8, 4) is 5.75 Å². The second kappa shape index (κ2) is 8.85. The zero-order chi connectivity index (χ0) is 19.1. The van der Waals surface area contributed by atoms with E-state index < -0.39 is 11.9 Å². The highest BCUT2D eigenvalue weighted by Crippen LogP contribution is 2.22. The van der Waals surface area contributed by atoms with E-state index in [0.717, 1.165) is 11.1 Å². The molecule has 1 amide bonds. The summed E-state index contributed by atoms with van der Waals surface area (Å²) in [6.07, 6.45) is 2.61. The van der Waals surface area contributed by atoms with Crippen LogP contribution in [0.1, 0.15) is 36.5 Å². The first-order valence-corrected chi connectivity index (χ1v) is 8.40. The predicted octanol–water partition coefficient (Wildman–Crippen LogP) is 4.02. The summed E-state index contributed by atoms with van der Waals surface area (Å²) in [6, 6.07) is 12.5. The molecule has 136 valence electrons. The fourth-order valence-corrected chi connectivity index (χ4v) is 2.29. The van der Waals surface area contributed by atoms with E-state index in [1.165, 1.54) is 18.2 Å². The zero-order valence-corrected chi connectivity index (χ0v) is 15.2. The van der Waals surface area contributed by atoms with E-state index in [-0.39, 0.29) is 12.4 Å². The van der Waals surface area contributed by atoms with Gasteiger partial charge in [0.05, 0.1) is 0 Å². The summed E-state index contributed by atoms with van der Waals surface area (Å²) in [5.74, 6) is -0.646. The molecule has 0 bridgehead atoms. The highest BCUT2D eigenvalue weighted by molar-refractivity contribution is 5.95. The summed E-state index contributed by atoms with van der Waals surface area (Å²) >= 11 is 0. The summed E-state index contributed by atoms with van der Waals surface area (Å²) in [5, 5.41) is 12.4. The number of carbonyl (C=O) groups is 2. The second-order valence-corrected chi connectivity index (χ2v) is 6.28. The Bertz CT molecular complexity index is 825. The molecule has 2 aromatic carbocycles. The van der Waals surface area contributed by atoms with E-state index >= 15 is 0 Å². The molecule has 2 aromatic rings. The number of ether oxygens (including phenoxy) is 1. The zero-order valence-electron chi connectivity index (χ0n) is 15.2. The highest BCUT2D eigenvalue weighted by Gasteiger charge is 2.09. The second-order valence-electron chi connectivity index (χ2n) is 6.28. The molecular weight excluding hydrogens is 330 g/mol. The lowest BCUT2D eigenvalue weighted by molar-refractivity contribution is -0.142. The van der Waals surface area contributed by atoms with Gasteiger partial charge in [-0.15, -0.1) is 0 Å². The monoisotopic (exact) mass is 353 g/mol. The number of phenolic OH excluding ortho intramolecular Hbond substituents is 1. The Morgan fingerprint density at radius 2 is 1.92 bits per heavy atom. The Hall–Kier alpha value is -3.08.